The maximum absolute atomic E-state index is 12.8. The van der Waals surface area contributed by atoms with Crippen molar-refractivity contribution < 1.29 is 9.50 Å². The monoisotopic (exact) mass is 147 g/mol. The van der Waals surface area contributed by atoms with Crippen molar-refractivity contribution in [3.63, 3.8) is 0 Å². The lowest BCUT2D eigenvalue weighted by atomic mass is 10.1. The van der Waals surface area contributed by atoms with Crippen LogP contribution in [0.5, 0.6) is 0 Å². The number of halogens is 1. The van der Waals surface area contributed by atoms with E-state index in [-0.39, 0.29) is 18.6 Å². The molecule has 10 heavy (non-hydrogen) atoms. The van der Waals surface area contributed by atoms with Gasteiger partial charge in [0.2, 0.25) is 0 Å². The maximum Gasteiger partial charge on any atom is 0.165 e. The fourth-order valence-corrected chi connectivity index (χ4v) is 0.528. The van der Waals surface area contributed by atoms with Crippen LogP contribution in [0.1, 0.15) is 26.7 Å². The Bertz CT molecular complexity index is 132. The highest BCUT2D eigenvalue weighted by molar-refractivity contribution is 4.93. The number of alkyl halides is 1. The van der Waals surface area contributed by atoms with Crippen molar-refractivity contribution in [3.8, 4) is 0 Å². The Labute approximate surface area is 60.5 Å². The van der Waals surface area contributed by atoms with Gasteiger partial charge in [0.15, 0.2) is 5.79 Å². The van der Waals surface area contributed by atoms with E-state index < -0.39 is 5.79 Å². The number of nitrogens with two attached hydrogens (primary N) is 1. The molecule has 0 aromatic carbocycles. The fraction of sp³-hybridized carbons (Fsp3) is 0.714. The van der Waals surface area contributed by atoms with E-state index in [1.54, 1.807) is 13.8 Å². The van der Waals surface area contributed by atoms with Crippen LogP contribution in [0.15, 0.2) is 11.8 Å². The second-order valence-corrected chi connectivity index (χ2v) is 2.34. The van der Waals surface area contributed by atoms with E-state index in [4.69, 9.17) is 10.8 Å². The Hall–Kier alpha value is -0.570. The molecule has 2 nitrogen and oxygen atoms in total. The van der Waals surface area contributed by atoms with Gasteiger partial charge >= 0.3 is 0 Å². The third-order valence-electron chi connectivity index (χ3n) is 1.40. The largest absolute Gasteiger partial charge is 0.512 e. The van der Waals surface area contributed by atoms with E-state index in [0.29, 0.717) is 0 Å². The topological polar surface area (TPSA) is 46.2 Å². The van der Waals surface area contributed by atoms with Crippen LogP contribution in [0, 0.1) is 0 Å². The Morgan fingerprint density at radius 2 is 2.30 bits per heavy atom. The van der Waals surface area contributed by atoms with Crippen LogP contribution in [0.2, 0.25) is 0 Å². The molecule has 0 fully saturated rings. The van der Waals surface area contributed by atoms with E-state index in [1.165, 1.54) is 6.08 Å². The molecule has 0 amide bonds. The molecular formula is C7H14FNO. The number of rotatable bonds is 3. The summed E-state index contributed by atoms with van der Waals surface area (Å²) >= 11 is 0. The van der Waals surface area contributed by atoms with E-state index in [9.17, 15) is 4.39 Å². The second-order valence-electron chi connectivity index (χ2n) is 2.34. The highest BCUT2D eigenvalue weighted by Gasteiger charge is 2.22. The lowest BCUT2D eigenvalue weighted by Gasteiger charge is -2.16. The third kappa shape index (κ3) is 3.45. The van der Waals surface area contributed by atoms with Gasteiger partial charge in [-0.15, -0.1) is 0 Å². The van der Waals surface area contributed by atoms with Crippen molar-refractivity contribution in [2.45, 2.75) is 32.5 Å². The number of aliphatic hydroxyl groups is 1. The minimum absolute atomic E-state index is 0.00634. The number of hydrogen-bond donors (Lipinski definition) is 2. The molecule has 0 bridgehead atoms. The molecule has 3 N–H and O–H groups in total. The summed E-state index contributed by atoms with van der Waals surface area (Å²) in [6.07, 6.45) is 1.56. The zero-order valence-electron chi connectivity index (χ0n) is 6.39. The van der Waals surface area contributed by atoms with Gasteiger partial charge in [-0.3, -0.25) is 5.73 Å². The normalized spacial score (nSPS) is 18.6. The molecule has 60 valence electrons. The first-order valence-corrected chi connectivity index (χ1v) is 3.34. The second kappa shape index (κ2) is 3.56. The molecule has 0 rings (SSSR count). The van der Waals surface area contributed by atoms with Crippen molar-refractivity contribution in [2.75, 3.05) is 0 Å². The molecule has 1 unspecified atom stereocenters. The summed E-state index contributed by atoms with van der Waals surface area (Å²) in [6, 6.07) is 0. The minimum Gasteiger partial charge on any atom is -0.512 e. The Balaban J connectivity index is 3.88. The number of allylic oxidation sites excluding steroid dienone is 1. The van der Waals surface area contributed by atoms with Gasteiger partial charge in [-0.2, -0.15) is 0 Å². The quantitative estimate of drug-likeness (QED) is 0.473. The number of hydrogen-bond acceptors (Lipinski definition) is 2. The van der Waals surface area contributed by atoms with Gasteiger partial charge in [0, 0.05) is 0 Å². The van der Waals surface area contributed by atoms with Crippen LogP contribution in [0.25, 0.3) is 0 Å². The van der Waals surface area contributed by atoms with E-state index in [1.807, 2.05) is 0 Å². The zero-order chi connectivity index (χ0) is 8.20. The molecule has 0 heterocycles. The molecule has 0 radical (unpaired) electrons. The first-order chi connectivity index (χ1) is 4.52. The summed E-state index contributed by atoms with van der Waals surface area (Å²) in [4.78, 5) is 0. The van der Waals surface area contributed by atoms with Gasteiger partial charge in [-0.05, 0) is 19.4 Å². The van der Waals surface area contributed by atoms with Crippen LogP contribution in [0.4, 0.5) is 4.39 Å². The highest BCUT2D eigenvalue weighted by Crippen LogP contribution is 2.16. The van der Waals surface area contributed by atoms with Crippen molar-refractivity contribution in [1.82, 2.24) is 0 Å². The van der Waals surface area contributed by atoms with Crippen LogP contribution >= 0.6 is 0 Å². The summed E-state index contributed by atoms with van der Waals surface area (Å²) in [5.74, 6) is -1.75. The van der Waals surface area contributed by atoms with Crippen molar-refractivity contribution in [2.24, 2.45) is 5.73 Å². The van der Waals surface area contributed by atoms with Crippen LogP contribution in [-0.4, -0.2) is 10.9 Å². The van der Waals surface area contributed by atoms with Gasteiger partial charge < -0.3 is 5.11 Å². The fourth-order valence-electron chi connectivity index (χ4n) is 0.528. The molecule has 3 heteroatoms. The molecule has 0 aliphatic heterocycles. The molecule has 1 atom stereocenters. The molecule has 0 aliphatic carbocycles. The first-order valence-electron chi connectivity index (χ1n) is 3.34. The lowest BCUT2D eigenvalue weighted by Crippen LogP contribution is -2.33. The predicted molar refractivity (Wildman–Crippen MR) is 39.3 cm³/mol. The third-order valence-corrected chi connectivity index (χ3v) is 1.40. The van der Waals surface area contributed by atoms with Gasteiger partial charge in [0.1, 0.15) is 0 Å². The SMILES string of the molecule is C/C=C(/O)CC(N)(F)CC. The zero-order valence-corrected chi connectivity index (χ0v) is 6.39. The lowest BCUT2D eigenvalue weighted by molar-refractivity contribution is 0.145. The van der Waals surface area contributed by atoms with Crippen molar-refractivity contribution in [1.29, 1.82) is 0 Å². The average Bonchev–Trinajstić information content (AvgIpc) is 1.87. The molecule has 0 spiro atoms. The smallest absolute Gasteiger partial charge is 0.165 e. The first kappa shape index (κ1) is 9.43. The summed E-state index contributed by atoms with van der Waals surface area (Å²) < 4.78 is 12.8. The van der Waals surface area contributed by atoms with Crippen LogP contribution in [0.3, 0.4) is 0 Å². The molecule has 0 aliphatic rings. The standard InChI is InChI=1S/C7H14FNO/c1-3-6(10)5-7(8,9)4-2/h3,10H,4-5,9H2,1-2H3/b6-3+. The highest BCUT2D eigenvalue weighted by atomic mass is 19.1. The Morgan fingerprint density at radius 3 is 2.60 bits per heavy atom. The summed E-state index contributed by atoms with van der Waals surface area (Å²) in [6.45, 7) is 3.28. The molecule has 0 saturated carbocycles. The summed E-state index contributed by atoms with van der Waals surface area (Å²) in [7, 11) is 0. The number of aliphatic hydroxyl groups excluding tert-OH is 1. The molecular weight excluding hydrogens is 133 g/mol. The minimum atomic E-state index is -1.75. The maximum atomic E-state index is 12.8. The van der Waals surface area contributed by atoms with Crippen LogP contribution < -0.4 is 5.73 Å². The van der Waals surface area contributed by atoms with Gasteiger partial charge in [-0.1, -0.05) is 6.92 Å². The molecule has 0 aromatic heterocycles. The molecule has 0 saturated heterocycles. The average molecular weight is 147 g/mol. The van der Waals surface area contributed by atoms with Gasteiger partial charge in [0.05, 0.1) is 12.2 Å². The Kier molecular flexibility index (Phi) is 3.36. The molecule has 0 aromatic rings. The van der Waals surface area contributed by atoms with Crippen molar-refractivity contribution in [3.05, 3.63) is 11.8 Å². The Morgan fingerprint density at radius 1 is 1.80 bits per heavy atom. The predicted octanol–water partition coefficient (Wildman–Crippen LogP) is 1.87. The summed E-state index contributed by atoms with van der Waals surface area (Å²) in [5, 5.41) is 8.87. The van der Waals surface area contributed by atoms with Gasteiger partial charge in [-0.25, -0.2) is 4.39 Å². The van der Waals surface area contributed by atoms with Crippen LogP contribution in [-0.2, 0) is 0 Å². The van der Waals surface area contributed by atoms with E-state index >= 15 is 0 Å². The van der Waals surface area contributed by atoms with Crippen molar-refractivity contribution >= 4 is 0 Å². The van der Waals surface area contributed by atoms with Gasteiger partial charge in [0.25, 0.3) is 0 Å². The summed E-state index contributed by atoms with van der Waals surface area (Å²) in [5.41, 5.74) is 5.12. The van der Waals surface area contributed by atoms with E-state index in [0.717, 1.165) is 0 Å². The van der Waals surface area contributed by atoms with E-state index in [2.05, 4.69) is 0 Å².